The Morgan fingerprint density at radius 1 is 0.960 bits per heavy atom. The number of hydrogen-bond acceptors (Lipinski definition) is 4. The third kappa shape index (κ3) is 4.04. The van der Waals surface area contributed by atoms with Gasteiger partial charge in [-0.25, -0.2) is 4.79 Å². The topological polar surface area (TPSA) is 42.4 Å². The van der Waals surface area contributed by atoms with Crippen LogP contribution < -0.4 is 4.90 Å². The number of pyridine rings is 1. The van der Waals surface area contributed by atoms with Crippen molar-refractivity contribution in [2.24, 2.45) is 0 Å². The first-order valence-corrected chi connectivity index (χ1v) is 8.09. The van der Waals surface area contributed by atoms with Crippen LogP contribution in [0.3, 0.4) is 0 Å². The molecule has 2 aromatic carbocycles. The summed E-state index contributed by atoms with van der Waals surface area (Å²) >= 11 is 0. The molecule has 0 unspecified atom stereocenters. The van der Waals surface area contributed by atoms with Crippen LogP contribution in [-0.4, -0.2) is 25.0 Å². The average Bonchev–Trinajstić information content (AvgIpc) is 2.67. The van der Waals surface area contributed by atoms with Gasteiger partial charge >= 0.3 is 5.97 Å². The minimum atomic E-state index is -0.544. The van der Waals surface area contributed by atoms with E-state index in [4.69, 9.17) is 4.74 Å². The maximum atomic E-state index is 12.7. The van der Waals surface area contributed by atoms with E-state index in [1.807, 2.05) is 85.7 Å². The quantitative estimate of drug-likeness (QED) is 0.660. The molecule has 25 heavy (non-hydrogen) atoms. The molecule has 0 amide bonds. The minimum Gasteiger partial charge on any atom is -0.447 e. The van der Waals surface area contributed by atoms with Crippen molar-refractivity contribution < 1.29 is 9.53 Å². The highest BCUT2D eigenvalue weighted by molar-refractivity contribution is 5.90. The molecule has 0 fully saturated rings. The number of nitrogens with zero attached hydrogens (tertiary/aromatic N) is 2. The van der Waals surface area contributed by atoms with Crippen molar-refractivity contribution in [2.45, 2.75) is 6.10 Å². The predicted molar refractivity (Wildman–Crippen MR) is 98.7 cm³/mol. The number of carbonyl (C=O) groups excluding carboxylic acids is 1. The Hall–Kier alpha value is -3.14. The van der Waals surface area contributed by atoms with Crippen molar-refractivity contribution in [1.82, 2.24) is 4.98 Å². The van der Waals surface area contributed by atoms with Gasteiger partial charge in [-0.05, 0) is 35.9 Å². The van der Waals surface area contributed by atoms with Crippen LogP contribution in [0.2, 0.25) is 0 Å². The summed E-state index contributed by atoms with van der Waals surface area (Å²) in [5, 5.41) is 0. The highest BCUT2D eigenvalue weighted by atomic mass is 16.5. The standard InChI is InChI=1S/C21H20N2O2/c1-23(2)18-12-8-11-17(15-18)21(24)25-20(16-9-4-3-5-10-16)19-13-6-7-14-22-19/h3-15,20H,1-2H3/t20-/m1/s1. The SMILES string of the molecule is CN(C)c1cccc(C(=O)O[C@H](c2ccccc2)c2ccccn2)c1. The molecule has 4 heteroatoms. The van der Waals surface area contributed by atoms with E-state index in [-0.39, 0.29) is 5.97 Å². The molecule has 0 aliphatic rings. The maximum Gasteiger partial charge on any atom is 0.339 e. The van der Waals surface area contributed by atoms with Crippen molar-refractivity contribution in [2.75, 3.05) is 19.0 Å². The van der Waals surface area contributed by atoms with Crippen molar-refractivity contribution >= 4 is 11.7 Å². The van der Waals surface area contributed by atoms with Crippen LogP contribution in [0.1, 0.15) is 27.7 Å². The van der Waals surface area contributed by atoms with Gasteiger partial charge in [-0.3, -0.25) is 4.98 Å². The Morgan fingerprint density at radius 3 is 2.40 bits per heavy atom. The van der Waals surface area contributed by atoms with E-state index >= 15 is 0 Å². The summed E-state index contributed by atoms with van der Waals surface area (Å²) in [5.74, 6) is -0.372. The van der Waals surface area contributed by atoms with E-state index in [0.29, 0.717) is 11.3 Å². The van der Waals surface area contributed by atoms with Gasteiger partial charge in [0.25, 0.3) is 0 Å². The molecule has 0 saturated heterocycles. The molecule has 0 radical (unpaired) electrons. The van der Waals surface area contributed by atoms with E-state index < -0.39 is 6.10 Å². The molecule has 126 valence electrons. The number of hydrogen-bond donors (Lipinski definition) is 0. The second kappa shape index (κ2) is 7.62. The molecular weight excluding hydrogens is 312 g/mol. The molecule has 1 aromatic heterocycles. The zero-order chi connectivity index (χ0) is 17.6. The highest BCUT2D eigenvalue weighted by Gasteiger charge is 2.21. The van der Waals surface area contributed by atoms with Crippen molar-refractivity contribution in [3.63, 3.8) is 0 Å². The molecule has 3 aromatic rings. The number of benzene rings is 2. The normalized spacial score (nSPS) is 11.6. The molecule has 0 aliphatic heterocycles. The number of esters is 1. The van der Waals surface area contributed by atoms with Gasteiger partial charge in [-0.2, -0.15) is 0 Å². The van der Waals surface area contributed by atoms with Gasteiger partial charge in [0.15, 0.2) is 6.10 Å². The van der Waals surface area contributed by atoms with E-state index in [0.717, 1.165) is 11.3 Å². The van der Waals surface area contributed by atoms with E-state index in [1.165, 1.54) is 0 Å². The van der Waals surface area contributed by atoms with Crippen LogP contribution in [0.5, 0.6) is 0 Å². The predicted octanol–water partition coefficient (Wildman–Crippen LogP) is 4.09. The van der Waals surface area contributed by atoms with E-state index in [2.05, 4.69) is 4.98 Å². The van der Waals surface area contributed by atoms with Crippen LogP contribution in [0.15, 0.2) is 79.0 Å². The monoisotopic (exact) mass is 332 g/mol. The molecule has 0 N–H and O–H groups in total. The maximum absolute atomic E-state index is 12.7. The zero-order valence-electron chi connectivity index (χ0n) is 14.3. The number of aromatic nitrogens is 1. The molecule has 0 bridgehead atoms. The Balaban J connectivity index is 1.90. The van der Waals surface area contributed by atoms with Crippen molar-refractivity contribution in [3.05, 3.63) is 95.8 Å². The molecule has 1 atom stereocenters. The number of rotatable bonds is 5. The average molecular weight is 332 g/mol. The van der Waals surface area contributed by atoms with E-state index in [1.54, 1.807) is 12.3 Å². The lowest BCUT2D eigenvalue weighted by molar-refractivity contribution is 0.0370. The molecular formula is C21H20N2O2. The third-order valence-corrected chi connectivity index (χ3v) is 3.88. The Bertz CT molecular complexity index is 793. The smallest absolute Gasteiger partial charge is 0.339 e. The highest BCUT2D eigenvalue weighted by Crippen LogP contribution is 2.26. The lowest BCUT2D eigenvalue weighted by Crippen LogP contribution is -2.15. The Morgan fingerprint density at radius 2 is 1.72 bits per heavy atom. The fourth-order valence-electron chi connectivity index (χ4n) is 2.54. The van der Waals surface area contributed by atoms with Crippen molar-refractivity contribution in [1.29, 1.82) is 0 Å². The molecule has 0 spiro atoms. The third-order valence-electron chi connectivity index (χ3n) is 3.88. The van der Waals surface area contributed by atoms with Gasteiger partial charge in [0.1, 0.15) is 0 Å². The molecule has 4 nitrogen and oxygen atoms in total. The summed E-state index contributed by atoms with van der Waals surface area (Å²) in [5.41, 5.74) is 3.05. The van der Waals surface area contributed by atoms with Gasteiger partial charge in [0.2, 0.25) is 0 Å². The zero-order valence-corrected chi connectivity index (χ0v) is 14.3. The largest absolute Gasteiger partial charge is 0.447 e. The van der Waals surface area contributed by atoms with Crippen molar-refractivity contribution in [3.8, 4) is 0 Å². The van der Waals surface area contributed by atoms with Crippen LogP contribution in [0.25, 0.3) is 0 Å². The number of ether oxygens (including phenoxy) is 1. The van der Waals surface area contributed by atoms with E-state index in [9.17, 15) is 4.79 Å². The molecule has 3 rings (SSSR count). The Labute approximate surface area is 147 Å². The lowest BCUT2D eigenvalue weighted by atomic mass is 10.1. The second-order valence-electron chi connectivity index (χ2n) is 5.90. The first kappa shape index (κ1) is 16.7. The summed E-state index contributed by atoms with van der Waals surface area (Å²) < 4.78 is 5.82. The molecule has 0 saturated carbocycles. The van der Waals surface area contributed by atoms with Crippen LogP contribution in [-0.2, 0) is 4.74 Å². The second-order valence-corrected chi connectivity index (χ2v) is 5.90. The fraction of sp³-hybridized carbons (Fsp3) is 0.143. The molecule has 1 heterocycles. The summed E-state index contributed by atoms with van der Waals surface area (Å²) in [4.78, 5) is 19.0. The van der Waals surface area contributed by atoms with Gasteiger partial charge in [-0.1, -0.05) is 42.5 Å². The Kier molecular flexibility index (Phi) is 5.09. The van der Waals surface area contributed by atoms with Crippen LogP contribution in [0, 0.1) is 0 Å². The number of carbonyl (C=O) groups is 1. The van der Waals surface area contributed by atoms with Crippen LogP contribution >= 0.6 is 0 Å². The fourth-order valence-corrected chi connectivity index (χ4v) is 2.54. The van der Waals surface area contributed by atoms with Crippen LogP contribution in [0.4, 0.5) is 5.69 Å². The van der Waals surface area contributed by atoms with Gasteiger partial charge in [0.05, 0.1) is 11.3 Å². The van der Waals surface area contributed by atoms with Gasteiger partial charge in [0, 0.05) is 26.0 Å². The first-order chi connectivity index (χ1) is 12.1. The van der Waals surface area contributed by atoms with Gasteiger partial charge < -0.3 is 9.64 Å². The molecule has 0 aliphatic carbocycles. The summed E-state index contributed by atoms with van der Waals surface area (Å²) in [6.45, 7) is 0. The lowest BCUT2D eigenvalue weighted by Gasteiger charge is -2.19. The first-order valence-electron chi connectivity index (χ1n) is 8.09. The summed E-state index contributed by atoms with van der Waals surface area (Å²) in [7, 11) is 3.87. The minimum absolute atomic E-state index is 0.372. The number of anilines is 1. The summed E-state index contributed by atoms with van der Waals surface area (Å²) in [6.07, 6.45) is 1.16. The summed E-state index contributed by atoms with van der Waals surface area (Å²) in [6, 6.07) is 22.6. The van der Waals surface area contributed by atoms with Gasteiger partial charge in [-0.15, -0.1) is 0 Å².